The van der Waals surface area contributed by atoms with Gasteiger partial charge in [0.15, 0.2) is 0 Å². The second-order valence-corrected chi connectivity index (χ2v) is 4.95. The molecule has 0 spiro atoms. The average molecular weight is 195 g/mol. The molecule has 2 saturated carbocycles. The van der Waals surface area contributed by atoms with Gasteiger partial charge in [-0.05, 0) is 24.7 Å². The Bertz CT molecular complexity index is 208. The van der Waals surface area contributed by atoms with E-state index in [1.165, 1.54) is 44.9 Å². The third kappa shape index (κ3) is 2.10. The van der Waals surface area contributed by atoms with Crippen LogP contribution < -0.4 is 5.32 Å². The predicted octanol–water partition coefficient (Wildman–Crippen LogP) is 2.48. The van der Waals surface area contributed by atoms with Crippen LogP contribution in [0.2, 0.25) is 0 Å². The Labute approximate surface area is 86.5 Å². The van der Waals surface area contributed by atoms with Crippen molar-refractivity contribution in [1.29, 1.82) is 0 Å². The topological polar surface area (TPSA) is 29.1 Å². The number of amides is 1. The van der Waals surface area contributed by atoms with E-state index in [1.54, 1.807) is 6.92 Å². The van der Waals surface area contributed by atoms with Crippen LogP contribution in [-0.4, -0.2) is 11.9 Å². The molecule has 1 amide bonds. The van der Waals surface area contributed by atoms with Crippen LogP contribution in [0.1, 0.15) is 51.9 Å². The maximum absolute atomic E-state index is 11.0. The molecule has 0 saturated heterocycles. The lowest BCUT2D eigenvalue weighted by molar-refractivity contribution is -0.120. The molecule has 0 radical (unpaired) electrons. The van der Waals surface area contributed by atoms with Gasteiger partial charge in [0.25, 0.3) is 0 Å². The van der Waals surface area contributed by atoms with Crippen LogP contribution in [-0.2, 0) is 4.79 Å². The molecule has 2 heteroatoms. The van der Waals surface area contributed by atoms with E-state index in [0.29, 0.717) is 6.04 Å². The lowest BCUT2D eigenvalue weighted by Gasteiger charge is -2.25. The normalized spacial score (nSPS) is 33.5. The van der Waals surface area contributed by atoms with Crippen LogP contribution in [0.25, 0.3) is 0 Å². The van der Waals surface area contributed by atoms with Crippen molar-refractivity contribution in [3.05, 3.63) is 0 Å². The van der Waals surface area contributed by atoms with Gasteiger partial charge in [-0.3, -0.25) is 4.79 Å². The monoisotopic (exact) mass is 195 g/mol. The fourth-order valence-corrected chi connectivity index (χ4v) is 3.38. The zero-order valence-electron chi connectivity index (χ0n) is 9.09. The number of rotatable bonds is 2. The predicted molar refractivity (Wildman–Crippen MR) is 56.9 cm³/mol. The van der Waals surface area contributed by atoms with Crippen molar-refractivity contribution >= 4 is 5.91 Å². The van der Waals surface area contributed by atoms with E-state index in [9.17, 15) is 4.79 Å². The van der Waals surface area contributed by atoms with Gasteiger partial charge in [0.2, 0.25) is 5.91 Å². The summed E-state index contributed by atoms with van der Waals surface area (Å²) in [5.41, 5.74) is 0. The van der Waals surface area contributed by atoms with Gasteiger partial charge in [-0.2, -0.15) is 0 Å². The Kier molecular flexibility index (Phi) is 3.09. The first-order chi connectivity index (χ1) is 6.77. The SMILES string of the molecule is CC(=O)NC1CCCC1C1CCCC1. The highest BCUT2D eigenvalue weighted by atomic mass is 16.1. The van der Waals surface area contributed by atoms with Gasteiger partial charge in [-0.25, -0.2) is 0 Å². The molecule has 1 N–H and O–H groups in total. The van der Waals surface area contributed by atoms with Gasteiger partial charge in [-0.15, -0.1) is 0 Å². The first-order valence-electron chi connectivity index (χ1n) is 6.04. The molecule has 0 heterocycles. The summed E-state index contributed by atoms with van der Waals surface area (Å²) < 4.78 is 0. The molecule has 0 bridgehead atoms. The van der Waals surface area contributed by atoms with Crippen molar-refractivity contribution in [2.24, 2.45) is 11.8 Å². The van der Waals surface area contributed by atoms with Crippen molar-refractivity contribution in [3.63, 3.8) is 0 Å². The van der Waals surface area contributed by atoms with E-state index in [2.05, 4.69) is 5.32 Å². The summed E-state index contributed by atoms with van der Waals surface area (Å²) in [6.07, 6.45) is 9.49. The van der Waals surface area contributed by atoms with Crippen molar-refractivity contribution in [2.45, 2.75) is 57.9 Å². The zero-order valence-corrected chi connectivity index (χ0v) is 9.09. The summed E-state index contributed by atoms with van der Waals surface area (Å²) in [4.78, 5) is 11.0. The van der Waals surface area contributed by atoms with E-state index >= 15 is 0 Å². The summed E-state index contributed by atoms with van der Waals surface area (Å²) in [5, 5.41) is 3.13. The van der Waals surface area contributed by atoms with Crippen LogP contribution in [0.15, 0.2) is 0 Å². The van der Waals surface area contributed by atoms with Gasteiger partial charge in [-0.1, -0.05) is 32.1 Å². The number of nitrogens with one attached hydrogen (secondary N) is 1. The van der Waals surface area contributed by atoms with Gasteiger partial charge in [0.1, 0.15) is 0 Å². The van der Waals surface area contributed by atoms with Crippen molar-refractivity contribution in [3.8, 4) is 0 Å². The smallest absolute Gasteiger partial charge is 0.217 e. The van der Waals surface area contributed by atoms with Gasteiger partial charge in [0.05, 0.1) is 0 Å². The highest BCUT2D eigenvalue weighted by Gasteiger charge is 2.35. The molecule has 2 rings (SSSR count). The number of hydrogen-bond donors (Lipinski definition) is 1. The van der Waals surface area contributed by atoms with Crippen LogP contribution in [0.4, 0.5) is 0 Å². The molecule has 2 aliphatic rings. The Morgan fingerprint density at radius 3 is 2.43 bits per heavy atom. The quantitative estimate of drug-likeness (QED) is 0.720. The Balaban J connectivity index is 1.92. The van der Waals surface area contributed by atoms with Gasteiger partial charge >= 0.3 is 0 Å². The Morgan fingerprint density at radius 2 is 1.79 bits per heavy atom. The molecule has 0 aromatic carbocycles. The lowest BCUT2D eigenvalue weighted by Crippen LogP contribution is -2.38. The van der Waals surface area contributed by atoms with Crippen LogP contribution in [0, 0.1) is 11.8 Å². The number of carbonyl (C=O) groups excluding carboxylic acids is 1. The zero-order chi connectivity index (χ0) is 9.97. The molecule has 0 aliphatic heterocycles. The third-order valence-electron chi connectivity index (χ3n) is 3.96. The van der Waals surface area contributed by atoms with Crippen LogP contribution >= 0.6 is 0 Å². The van der Waals surface area contributed by atoms with E-state index in [4.69, 9.17) is 0 Å². The molecular formula is C12H21NO. The molecule has 2 nitrogen and oxygen atoms in total. The summed E-state index contributed by atoms with van der Waals surface area (Å²) in [6.45, 7) is 1.64. The van der Waals surface area contributed by atoms with E-state index in [-0.39, 0.29) is 5.91 Å². The molecule has 0 aromatic rings. The lowest BCUT2D eigenvalue weighted by atomic mass is 9.87. The van der Waals surface area contributed by atoms with Crippen LogP contribution in [0.3, 0.4) is 0 Å². The fraction of sp³-hybridized carbons (Fsp3) is 0.917. The summed E-state index contributed by atoms with van der Waals surface area (Å²) in [6, 6.07) is 0.496. The summed E-state index contributed by atoms with van der Waals surface area (Å²) >= 11 is 0. The fourth-order valence-electron chi connectivity index (χ4n) is 3.38. The molecule has 2 fully saturated rings. The number of hydrogen-bond acceptors (Lipinski definition) is 1. The third-order valence-corrected chi connectivity index (χ3v) is 3.96. The first kappa shape index (κ1) is 10.0. The molecular weight excluding hydrogens is 174 g/mol. The number of carbonyl (C=O) groups is 1. The average Bonchev–Trinajstić information content (AvgIpc) is 2.70. The minimum absolute atomic E-state index is 0.153. The van der Waals surface area contributed by atoms with E-state index < -0.39 is 0 Å². The van der Waals surface area contributed by atoms with Crippen molar-refractivity contribution in [1.82, 2.24) is 5.32 Å². The second kappa shape index (κ2) is 4.33. The summed E-state index contributed by atoms with van der Waals surface area (Å²) in [5.74, 6) is 1.86. The molecule has 2 unspecified atom stereocenters. The van der Waals surface area contributed by atoms with E-state index in [0.717, 1.165) is 11.8 Å². The van der Waals surface area contributed by atoms with Crippen LogP contribution in [0.5, 0.6) is 0 Å². The van der Waals surface area contributed by atoms with Gasteiger partial charge < -0.3 is 5.32 Å². The minimum Gasteiger partial charge on any atom is -0.353 e. The van der Waals surface area contributed by atoms with E-state index in [1.807, 2.05) is 0 Å². The molecule has 80 valence electrons. The maximum Gasteiger partial charge on any atom is 0.217 e. The summed E-state index contributed by atoms with van der Waals surface area (Å²) in [7, 11) is 0. The van der Waals surface area contributed by atoms with Gasteiger partial charge in [0, 0.05) is 13.0 Å². The minimum atomic E-state index is 0.153. The molecule has 2 aliphatic carbocycles. The largest absolute Gasteiger partial charge is 0.353 e. The van der Waals surface area contributed by atoms with Crippen molar-refractivity contribution < 1.29 is 4.79 Å². The highest BCUT2D eigenvalue weighted by Crippen LogP contribution is 2.40. The highest BCUT2D eigenvalue weighted by molar-refractivity contribution is 5.73. The molecule has 14 heavy (non-hydrogen) atoms. The van der Waals surface area contributed by atoms with Crippen molar-refractivity contribution in [2.75, 3.05) is 0 Å². The standard InChI is InChI=1S/C12H21NO/c1-9(14)13-12-8-4-7-11(12)10-5-2-3-6-10/h10-12H,2-8H2,1H3,(H,13,14). The Morgan fingerprint density at radius 1 is 1.07 bits per heavy atom. The second-order valence-electron chi connectivity index (χ2n) is 4.95. The molecule has 2 atom stereocenters. The maximum atomic E-state index is 11.0. The molecule has 0 aromatic heterocycles. The Hall–Kier alpha value is -0.530. The first-order valence-corrected chi connectivity index (χ1v) is 6.04.